The van der Waals surface area contributed by atoms with Crippen molar-refractivity contribution in [3.05, 3.63) is 76.7 Å². The average molecular weight is 367 g/mol. The van der Waals surface area contributed by atoms with E-state index in [1.54, 1.807) is 18.4 Å². The maximum absolute atomic E-state index is 5.67. The topological polar surface area (TPSA) is 37.4 Å². The Balaban J connectivity index is 1.77. The fourth-order valence-corrected chi connectivity index (χ4v) is 4.32. The highest BCUT2D eigenvalue weighted by Crippen LogP contribution is 2.43. The van der Waals surface area contributed by atoms with E-state index in [1.165, 1.54) is 4.88 Å². The van der Waals surface area contributed by atoms with E-state index in [1.807, 2.05) is 48.7 Å². The van der Waals surface area contributed by atoms with Crippen LogP contribution in [0.25, 0.3) is 0 Å². The maximum atomic E-state index is 5.67. The lowest BCUT2D eigenvalue weighted by atomic mass is 10.0. The third-order valence-corrected chi connectivity index (χ3v) is 5.54. The molecule has 0 spiro atoms. The van der Waals surface area contributed by atoms with Gasteiger partial charge in [-0.3, -0.25) is 4.98 Å². The number of ether oxygens (including phenoxy) is 1. The van der Waals surface area contributed by atoms with Crippen molar-refractivity contribution in [2.75, 3.05) is 12.0 Å². The molecular weight excluding hydrogens is 350 g/mol. The SMILES string of the molecule is COc1ccc(N2C(=S)N[C@H](c3ccccn3)[C@@H]2c2cccs2)cc1. The van der Waals surface area contributed by atoms with Crippen LogP contribution in [0, 0.1) is 0 Å². The minimum atomic E-state index is 0.00875. The molecule has 25 heavy (non-hydrogen) atoms. The molecule has 1 aliphatic heterocycles. The zero-order valence-electron chi connectivity index (χ0n) is 13.6. The molecule has 0 amide bonds. The summed E-state index contributed by atoms with van der Waals surface area (Å²) in [7, 11) is 1.67. The Kier molecular flexibility index (Phi) is 4.38. The Morgan fingerprint density at radius 2 is 1.96 bits per heavy atom. The van der Waals surface area contributed by atoms with Crippen LogP contribution in [-0.4, -0.2) is 17.2 Å². The van der Waals surface area contributed by atoms with Crippen LogP contribution in [0.5, 0.6) is 5.75 Å². The molecule has 1 fully saturated rings. The van der Waals surface area contributed by atoms with Gasteiger partial charge in [-0.05, 0) is 60.1 Å². The number of rotatable bonds is 4. The summed E-state index contributed by atoms with van der Waals surface area (Å²) in [6.45, 7) is 0. The van der Waals surface area contributed by atoms with Gasteiger partial charge >= 0.3 is 0 Å². The molecule has 0 unspecified atom stereocenters. The van der Waals surface area contributed by atoms with Gasteiger partial charge in [0.1, 0.15) is 5.75 Å². The van der Waals surface area contributed by atoms with Crippen molar-refractivity contribution in [3.63, 3.8) is 0 Å². The van der Waals surface area contributed by atoms with Crippen molar-refractivity contribution < 1.29 is 4.74 Å². The average Bonchev–Trinajstić information content (AvgIpc) is 3.30. The van der Waals surface area contributed by atoms with Crippen molar-refractivity contribution in [2.45, 2.75) is 12.1 Å². The summed E-state index contributed by atoms with van der Waals surface area (Å²) in [4.78, 5) is 7.96. The summed E-state index contributed by atoms with van der Waals surface area (Å²) >= 11 is 7.41. The van der Waals surface area contributed by atoms with Gasteiger partial charge in [0.25, 0.3) is 0 Å². The Bertz CT molecular complexity index is 850. The second-order valence-corrected chi connectivity index (χ2v) is 7.08. The number of hydrogen-bond acceptors (Lipinski definition) is 4. The molecule has 2 aromatic heterocycles. The monoisotopic (exact) mass is 367 g/mol. The molecule has 2 atom stereocenters. The quantitative estimate of drug-likeness (QED) is 0.695. The third kappa shape index (κ3) is 2.99. The van der Waals surface area contributed by atoms with E-state index in [-0.39, 0.29) is 12.1 Å². The summed E-state index contributed by atoms with van der Waals surface area (Å²) in [5, 5.41) is 6.26. The molecule has 0 aliphatic carbocycles. The number of nitrogens with one attached hydrogen (secondary N) is 1. The molecule has 4 rings (SSSR count). The standard InChI is InChI=1S/C19H17N3OS2/c1-23-14-9-7-13(8-10-14)22-18(16-6-4-12-25-16)17(21-19(22)24)15-5-2-3-11-20-15/h2-12,17-18H,1H3,(H,21,24)/t17-,18+/m1/s1. The normalized spacial score (nSPS) is 19.7. The first kappa shape index (κ1) is 16.1. The fraction of sp³-hybridized carbons (Fsp3) is 0.158. The second kappa shape index (κ2) is 6.82. The number of benzene rings is 1. The largest absolute Gasteiger partial charge is 0.497 e. The zero-order chi connectivity index (χ0) is 17.2. The highest BCUT2D eigenvalue weighted by Gasteiger charge is 2.41. The number of methoxy groups -OCH3 is 1. The van der Waals surface area contributed by atoms with E-state index in [4.69, 9.17) is 17.0 Å². The van der Waals surface area contributed by atoms with E-state index >= 15 is 0 Å². The summed E-state index contributed by atoms with van der Waals surface area (Å²) in [5.41, 5.74) is 2.02. The number of nitrogens with zero attached hydrogens (tertiary/aromatic N) is 2. The molecule has 1 aliphatic rings. The van der Waals surface area contributed by atoms with Gasteiger partial charge in [-0.2, -0.15) is 0 Å². The molecule has 6 heteroatoms. The van der Waals surface area contributed by atoms with Gasteiger partial charge in [0, 0.05) is 16.8 Å². The molecule has 1 saturated heterocycles. The molecule has 0 saturated carbocycles. The van der Waals surface area contributed by atoms with Gasteiger partial charge in [-0.25, -0.2) is 0 Å². The lowest BCUT2D eigenvalue weighted by Crippen LogP contribution is -2.28. The summed E-state index contributed by atoms with van der Waals surface area (Å²) in [5.74, 6) is 0.829. The predicted molar refractivity (Wildman–Crippen MR) is 105 cm³/mol. The van der Waals surface area contributed by atoms with Crippen molar-refractivity contribution in [3.8, 4) is 5.75 Å². The van der Waals surface area contributed by atoms with Crippen LogP contribution in [0.2, 0.25) is 0 Å². The van der Waals surface area contributed by atoms with Gasteiger partial charge in [0.15, 0.2) is 5.11 Å². The van der Waals surface area contributed by atoms with Gasteiger partial charge in [0.2, 0.25) is 0 Å². The molecule has 3 aromatic rings. The Hall–Kier alpha value is -2.44. The van der Waals surface area contributed by atoms with Crippen LogP contribution in [0.3, 0.4) is 0 Å². The molecule has 126 valence electrons. The number of thiocarbonyl (C=S) groups is 1. The number of pyridine rings is 1. The Morgan fingerprint density at radius 3 is 2.60 bits per heavy atom. The second-order valence-electron chi connectivity index (χ2n) is 5.71. The van der Waals surface area contributed by atoms with E-state index in [2.05, 4.69) is 32.7 Å². The van der Waals surface area contributed by atoms with E-state index < -0.39 is 0 Å². The van der Waals surface area contributed by atoms with Gasteiger partial charge in [-0.15, -0.1) is 11.3 Å². The van der Waals surface area contributed by atoms with Crippen molar-refractivity contribution in [1.82, 2.24) is 10.3 Å². The highest BCUT2D eigenvalue weighted by atomic mass is 32.1. The van der Waals surface area contributed by atoms with Crippen LogP contribution in [-0.2, 0) is 0 Å². The Labute approximate surface area is 156 Å². The molecule has 1 N–H and O–H groups in total. The first-order valence-electron chi connectivity index (χ1n) is 7.96. The minimum Gasteiger partial charge on any atom is -0.497 e. The predicted octanol–water partition coefficient (Wildman–Crippen LogP) is 4.33. The molecule has 0 radical (unpaired) electrons. The van der Waals surface area contributed by atoms with Gasteiger partial charge in [-0.1, -0.05) is 12.1 Å². The lowest BCUT2D eigenvalue weighted by molar-refractivity contribution is 0.415. The van der Waals surface area contributed by atoms with E-state index in [0.717, 1.165) is 17.1 Å². The molecule has 4 nitrogen and oxygen atoms in total. The van der Waals surface area contributed by atoms with Gasteiger partial charge in [0.05, 0.1) is 24.9 Å². The van der Waals surface area contributed by atoms with Gasteiger partial charge < -0.3 is 15.0 Å². The fourth-order valence-electron chi connectivity index (χ4n) is 3.12. The summed E-state index contributed by atoms with van der Waals surface area (Å²) in [6, 6.07) is 18.3. The first-order valence-corrected chi connectivity index (χ1v) is 9.25. The van der Waals surface area contributed by atoms with Crippen LogP contribution in [0.1, 0.15) is 22.7 Å². The maximum Gasteiger partial charge on any atom is 0.174 e. The summed E-state index contributed by atoms with van der Waals surface area (Å²) in [6.07, 6.45) is 1.82. The highest BCUT2D eigenvalue weighted by molar-refractivity contribution is 7.80. The van der Waals surface area contributed by atoms with Crippen LogP contribution < -0.4 is 15.0 Å². The molecular formula is C19H17N3OS2. The number of thiophene rings is 1. The molecule has 0 bridgehead atoms. The van der Waals surface area contributed by atoms with Crippen molar-refractivity contribution in [2.24, 2.45) is 0 Å². The minimum absolute atomic E-state index is 0.00875. The molecule has 3 heterocycles. The smallest absolute Gasteiger partial charge is 0.174 e. The van der Waals surface area contributed by atoms with Crippen molar-refractivity contribution in [1.29, 1.82) is 0 Å². The van der Waals surface area contributed by atoms with Crippen LogP contribution in [0.4, 0.5) is 5.69 Å². The van der Waals surface area contributed by atoms with Crippen LogP contribution >= 0.6 is 23.6 Å². The van der Waals surface area contributed by atoms with Crippen molar-refractivity contribution >= 4 is 34.4 Å². The number of aromatic nitrogens is 1. The lowest BCUT2D eigenvalue weighted by Gasteiger charge is -2.27. The number of anilines is 1. The zero-order valence-corrected chi connectivity index (χ0v) is 15.3. The summed E-state index contributed by atoms with van der Waals surface area (Å²) < 4.78 is 5.27. The van der Waals surface area contributed by atoms with Crippen LogP contribution in [0.15, 0.2) is 66.2 Å². The first-order chi connectivity index (χ1) is 12.3. The number of hydrogen-bond donors (Lipinski definition) is 1. The van der Waals surface area contributed by atoms with E-state index in [0.29, 0.717) is 5.11 Å². The third-order valence-electron chi connectivity index (χ3n) is 4.28. The molecule has 1 aromatic carbocycles. The van der Waals surface area contributed by atoms with E-state index in [9.17, 15) is 0 Å². The Morgan fingerprint density at radius 1 is 1.12 bits per heavy atom.